The third-order valence-electron chi connectivity index (χ3n) is 2.68. The van der Waals surface area contributed by atoms with E-state index in [0.717, 1.165) is 0 Å². The number of ether oxygens (including phenoxy) is 1. The topological polar surface area (TPSA) is 105 Å². The second kappa shape index (κ2) is 6.69. The summed E-state index contributed by atoms with van der Waals surface area (Å²) in [6, 6.07) is -0.537. The number of hydrogen-bond donors (Lipinski definition) is 3. The third-order valence-corrected chi connectivity index (χ3v) is 3.54. The lowest BCUT2D eigenvalue weighted by molar-refractivity contribution is -0.144. The predicted octanol–water partition coefficient (Wildman–Crippen LogP) is -0.702. The summed E-state index contributed by atoms with van der Waals surface area (Å²) in [5.41, 5.74) is -1.32. The van der Waals surface area contributed by atoms with Crippen LogP contribution in [0.3, 0.4) is 0 Å². The summed E-state index contributed by atoms with van der Waals surface area (Å²) in [6.45, 7) is 0.665. The molecule has 0 aromatic carbocycles. The molecule has 1 aliphatic rings. The van der Waals surface area contributed by atoms with Gasteiger partial charge in [0.25, 0.3) is 0 Å². The molecule has 0 aromatic rings. The summed E-state index contributed by atoms with van der Waals surface area (Å²) in [4.78, 5) is 22.7. The molecule has 0 aromatic heterocycles. The van der Waals surface area contributed by atoms with E-state index in [9.17, 15) is 13.8 Å². The van der Waals surface area contributed by atoms with Crippen molar-refractivity contribution in [3.8, 4) is 0 Å². The highest BCUT2D eigenvalue weighted by Gasteiger charge is 2.43. The van der Waals surface area contributed by atoms with Crippen LogP contribution >= 0.6 is 0 Å². The molecule has 18 heavy (non-hydrogen) atoms. The fraction of sp³-hybridized carbons (Fsp3) is 0.800. The van der Waals surface area contributed by atoms with Crippen molar-refractivity contribution in [3.05, 3.63) is 0 Å². The van der Waals surface area contributed by atoms with Gasteiger partial charge in [0.15, 0.2) is 5.54 Å². The molecule has 1 rings (SSSR count). The fourth-order valence-electron chi connectivity index (χ4n) is 1.62. The van der Waals surface area contributed by atoms with E-state index < -0.39 is 28.3 Å². The minimum absolute atomic E-state index is 0.0191. The number of hydrogen-bond acceptors (Lipinski definition) is 4. The van der Waals surface area contributed by atoms with Crippen molar-refractivity contribution in [2.45, 2.75) is 18.4 Å². The number of nitrogens with one attached hydrogen (secondary N) is 2. The van der Waals surface area contributed by atoms with Crippen molar-refractivity contribution in [3.63, 3.8) is 0 Å². The minimum atomic E-state index is -1.32. The number of urea groups is 1. The fourth-order valence-corrected chi connectivity index (χ4v) is 2.18. The highest BCUT2D eigenvalue weighted by molar-refractivity contribution is 7.84. The van der Waals surface area contributed by atoms with E-state index in [1.165, 1.54) is 0 Å². The Hall–Kier alpha value is -1.15. The van der Waals surface area contributed by atoms with Crippen LogP contribution in [0.15, 0.2) is 0 Å². The molecule has 8 heteroatoms. The Morgan fingerprint density at radius 1 is 1.50 bits per heavy atom. The average Bonchev–Trinajstić information content (AvgIpc) is 2.74. The zero-order valence-corrected chi connectivity index (χ0v) is 11.0. The second-order valence-corrected chi connectivity index (χ2v) is 5.76. The summed E-state index contributed by atoms with van der Waals surface area (Å²) in [5.74, 6) is -0.585. The summed E-state index contributed by atoms with van der Waals surface area (Å²) in [7, 11) is -0.886. The quantitative estimate of drug-likeness (QED) is 0.557. The Labute approximate surface area is 108 Å². The van der Waals surface area contributed by atoms with Crippen LogP contribution in [-0.4, -0.2) is 58.6 Å². The van der Waals surface area contributed by atoms with E-state index in [0.29, 0.717) is 25.3 Å². The largest absolute Gasteiger partial charge is 0.479 e. The number of amides is 2. The predicted molar refractivity (Wildman–Crippen MR) is 65.9 cm³/mol. The molecule has 0 saturated carbocycles. The van der Waals surface area contributed by atoms with Crippen molar-refractivity contribution in [2.75, 3.05) is 31.8 Å². The SMILES string of the molecule is CS(=O)CCCNC(=O)NC1(C(=O)O)CCOC1. The molecule has 0 spiro atoms. The number of carboxylic acid groups (broad SMARTS) is 1. The highest BCUT2D eigenvalue weighted by atomic mass is 32.2. The smallest absolute Gasteiger partial charge is 0.332 e. The van der Waals surface area contributed by atoms with Crippen molar-refractivity contribution < 1.29 is 23.6 Å². The van der Waals surface area contributed by atoms with Crippen LogP contribution in [0.25, 0.3) is 0 Å². The monoisotopic (exact) mass is 278 g/mol. The number of carbonyl (C=O) groups excluding carboxylic acids is 1. The van der Waals surface area contributed by atoms with Gasteiger partial charge in [0, 0.05) is 42.4 Å². The van der Waals surface area contributed by atoms with Crippen LogP contribution in [0.2, 0.25) is 0 Å². The van der Waals surface area contributed by atoms with Crippen molar-refractivity contribution >= 4 is 22.8 Å². The van der Waals surface area contributed by atoms with Gasteiger partial charge in [0.05, 0.1) is 6.61 Å². The maximum Gasteiger partial charge on any atom is 0.332 e. The number of carbonyl (C=O) groups is 2. The van der Waals surface area contributed by atoms with Crippen LogP contribution < -0.4 is 10.6 Å². The van der Waals surface area contributed by atoms with Gasteiger partial charge in [-0.1, -0.05) is 0 Å². The van der Waals surface area contributed by atoms with E-state index in [1.54, 1.807) is 6.26 Å². The second-order valence-electron chi connectivity index (χ2n) is 4.20. The highest BCUT2D eigenvalue weighted by Crippen LogP contribution is 2.18. The van der Waals surface area contributed by atoms with E-state index in [4.69, 9.17) is 9.84 Å². The minimum Gasteiger partial charge on any atom is -0.479 e. The third kappa shape index (κ3) is 4.26. The molecule has 7 nitrogen and oxygen atoms in total. The van der Waals surface area contributed by atoms with E-state index in [1.807, 2.05) is 0 Å². The van der Waals surface area contributed by atoms with Gasteiger partial charge in [-0.15, -0.1) is 0 Å². The number of rotatable bonds is 6. The summed E-state index contributed by atoms with van der Waals surface area (Å²) < 4.78 is 15.8. The molecule has 0 radical (unpaired) electrons. The molecule has 0 aliphatic carbocycles. The van der Waals surface area contributed by atoms with Crippen molar-refractivity contribution in [1.29, 1.82) is 0 Å². The molecule has 1 heterocycles. The van der Waals surface area contributed by atoms with Gasteiger partial charge in [-0.25, -0.2) is 9.59 Å². The van der Waals surface area contributed by atoms with Gasteiger partial charge >= 0.3 is 12.0 Å². The van der Waals surface area contributed by atoms with Gasteiger partial charge in [0.1, 0.15) is 0 Å². The molecule has 2 amide bonds. The number of carboxylic acids is 1. The molecule has 104 valence electrons. The van der Waals surface area contributed by atoms with E-state index in [2.05, 4.69) is 10.6 Å². The van der Waals surface area contributed by atoms with Crippen molar-refractivity contribution in [2.24, 2.45) is 0 Å². The zero-order valence-electron chi connectivity index (χ0n) is 10.2. The molecular formula is C10H18N2O5S. The zero-order chi connectivity index (χ0) is 13.6. The van der Waals surface area contributed by atoms with E-state index in [-0.39, 0.29) is 13.0 Å². The summed E-state index contributed by atoms with van der Waals surface area (Å²) in [5, 5.41) is 14.1. The maximum absolute atomic E-state index is 11.5. The Bertz CT molecular complexity index is 341. The molecule has 1 fully saturated rings. The number of aliphatic carboxylic acids is 1. The maximum atomic E-state index is 11.5. The van der Waals surface area contributed by atoms with Gasteiger partial charge in [-0.2, -0.15) is 0 Å². The van der Waals surface area contributed by atoms with Crippen LogP contribution in [0, 0.1) is 0 Å². The average molecular weight is 278 g/mol. The Morgan fingerprint density at radius 3 is 2.72 bits per heavy atom. The van der Waals surface area contributed by atoms with Gasteiger partial charge in [0.2, 0.25) is 0 Å². The lowest BCUT2D eigenvalue weighted by Gasteiger charge is -2.23. The van der Waals surface area contributed by atoms with E-state index >= 15 is 0 Å². The Morgan fingerprint density at radius 2 is 2.22 bits per heavy atom. The first-order valence-electron chi connectivity index (χ1n) is 5.63. The van der Waals surface area contributed by atoms with Crippen LogP contribution in [0.4, 0.5) is 4.79 Å². The van der Waals surface area contributed by atoms with Crippen LogP contribution in [0.5, 0.6) is 0 Å². The Balaban J connectivity index is 2.34. The van der Waals surface area contributed by atoms with Gasteiger partial charge in [-0.05, 0) is 6.42 Å². The lowest BCUT2D eigenvalue weighted by Crippen LogP contribution is -2.57. The van der Waals surface area contributed by atoms with Crippen LogP contribution in [-0.2, 0) is 20.3 Å². The Kier molecular flexibility index (Phi) is 5.54. The van der Waals surface area contributed by atoms with Gasteiger partial charge in [-0.3, -0.25) is 4.21 Å². The molecule has 3 N–H and O–H groups in total. The molecule has 2 unspecified atom stereocenters. The first-order valence-corrected chi connectivity index (χ1v) is 7.36. The molecular weight excluding hydrogens is 260 g/mol. The normalized spacial score (nSPS) is 24.5. The molecule has 1 aliphatic heterocycles. The first-order chi connectivity index (χ1) is 8.46. The van der Waals surface area contributed by atoms with Gasteiger partial charge < -0.3 is 20.5 Å². The molecule has 0 bridgehead atoms. The van der Waals surface area contributed by atoms with Crippen LogP contribution in [0.1, 0.15) is 12.8 Å². The summed E-state index contributed by atoms with van der Waals surface area (Å²) in [6.07, 6.45) is 2.44. The summed E-state index contributed by atoms with van der Waals surface area (Å²) >= 11 is 0. The standard InChI is InChI=1S/C10H18N2O5S/c1-18(16)6-2-4-11-9(15)12-10(8(13)14)3-5-17-7-10/h2-7H2,1H3,(H,13,14)(H2,11,12,15). The van der Waals surface area contributed by atoms with Crippen molar-refractivity contribution in [1.82, 2.24) is 10.6 Å². The molecule has 2 atom stereocenters. The molecule has 1 saturated heterocycles. The lowest BCUT2D eigenvalue weighted by atomic mass is 9.99. The first kappa shape index (κ1) is 14.9.